The van der Waals surface area contributed by atoms with E-state index >= 15 is 0 Å². The maximum Gasteiger partial charge on any atom is 0.308 e. The van der Waals surface area contributed by atoms with Gasteiger partial charge in [0.25, 0.3) is 0 Å². The number of rotatable bonds is 3. The molecular formula is C13H14FNO3. The smallest absolute Gasteiger partial charge is 0.308 e. The number of carbonyl (C=O) groups excluding carboxylic acids is 1. The van der Waals surface area contributed by atoms with Crippen LogP contribution in [0.2, 0.25) is 0 Å². The number of amides is 1. The number of carboxylic acids is 1. The predicted octanol–water partition coefficient (Wildman–Crippen LogP) is 1.82. The maximum absolute atomic E-state index is 12.8. The molecule has 2 atom stereocenters. The lowest BCUT2D eigenvalue weighted by atomic mass is 10.1. The summed E-state index contributed by atoms with van der Waals surface area (Å²) in [7, 11) is 0. The summed E-state index contributed by atoms with van der Waals surface area (Å²) in [6.45, 7) is 2.03. The number of aliphatic carboxylic acids is 1. The van der Waals surface area contributed by atoms with Gasteiger partial charge in [0.2, 0.25) is 5.91 Å². The van der Waals surface area contributed by atoms with E-state index in [-0.39, 0.29) is 30.7 Å². The number of likely N-dealkylation sites (tertiary alicyclic amines) is 1. The molecule has 0 spiro atoms. The minimum absolute atomic E-state index is 0.0425. The summed E-state index contributed by atoms with van der Waals surface area (Å²) in [6, 6.07) is 5.66. The van der Waals surface area contributed by atoms with Crippen molar-refractivity contribution in [2.45, 2.75) is 19.4 Å². The highest BCUT2D eigenvalue weighted by Gasteiger charge is 2.36. The second-order valence-corrected chi connectivity index (χ2v) is 4.51. The fourth-order valence-electron chi connectivity index (χ4n) is 2.19. The van der Waals surface area contributed by atoms with Crippen LogP contribution in [-0.4, -0.2) is 28.4 Å². The zero-order chi connectivity index (χ0) is 13.3. The normalized spacial score (nSPS) is 21.1. The number of benzene rings is 1. The van der Waals surface area contributed by atoms with Gasteiger partial charge in [0.15, 0.2) is 0 Å². The van der Waals surface area contributed by atoms with E-state index in [0.29, 0.717) is 0 Å². The monoisotopic (exact) mass is 251 g/mol. The van der Waals surface area contributed by atoms with E-state index in [1.165, 1.54) is 17.0 Å². The first-order chi connectivity index (χ1) is 8.49. The van der Waals surface area contributed by atoms with E-state index in [9.17, 15) is 14.0 Å². The number of carbonyl (C=O) groups is 2. The fraction of sp³-hybridized carbons (Fsp3) is 0.385. The summed E-state index contributed by atoms with van der Waals surface area (Å²) in [4.78, 5) is 24.2. The van der Waals surface area contributed by atoms with E-state index in [4.69, 9.17) is 5.11 Å². The van der Waals surface area contributed by atoms with Crippen LogP contribution in [0.25, 0.3) is 0 Å². The molecule has 1 heterocycles. The molecule has 1 aromatic carbocycles. The van der Waals surface area contributed by atoms with Gasteiger partial charge in [-0.15, -0.1) is 0 Å². The van der Waals surface area contributed by atoms with E-state index in [2.05, 4.69) is 0 Å². The first kappa shape index (κ1) is 12.5. The number of halogens is 1. The van der Waals surface area contributed by atoms with Crippen molar-refractivity contribution in [1.82, 2.24) is 4.90 Å². The van der Waals surface area contributed by atoms with Crippen molar-refractivity contribution >= 4 is 11.9 Å². The molecule has 4 nitrogen and oxygen atoms in total. The minimum Gasteiger partial charge on any atom is -0.481 e. The number of carboxylic acid groups (broad SMARTS) is 1. The van der Waals surface area contributed by atoms with E-state index in [1.807, 2.05) is 6.92 Å². The Morgan fingerprint density at radius 1 is 1.44 bits per heavy atom. The van der Waals surface area contributed by atoms with Gasteiger partial charge in [-0.25, -0.2) is 4.39 Å². The average Bonchev–Trinajstić information content (AvgIpc) is 2.71. The molecule has 96 valence electrons. The molecule has 1 aromatic rings. The Morgan fingerprint density at radius 3 is 2.56 bits per heavy atom. The SMILES string of the molecule is C[C@@H](c1ccc(F)cc1)N1CC(C(=O)O)CC1=O. The molecule has 1 fully saturated rings. The van der Waals surface area contributed by atoms with Crippen LogP contribution in [0.4, 0.5) is 4.39 Å². The van der Waals surface area contributed by atoms with E-state index in [0.717, 1.165) is 5.56 Å². The summed E-state index contributed by atoms with van der Waals surface area (Å²) in [5, 5.41) is 8.91. The van der Waals surface area contributed by atoms with Gasteiger partial charge in [-0.05, 0) is 24.6 Å². The fourth-order valence-corrected chi connectivity index (χ4v) is 2.19. The lowest BCUT2D eigenvalue weighted by molar-refractivity contribution is -0.141. The highest BCUT2D eigenvalue weighted by molar-refractivity contribution is 5.86. The van der Waals surface area contributed by atoms with Gasteiger partial charge < -0.3 is 10.0 Å². The predicted molar refractivity (Wildman–Crippen MR) is 62.3 cm³/mol. The summed E-state index contributed by atoms with van der Waals surface area (Å²) in [5.74, 6) is -2.08. The van der Waals surface area contributed by atoms with Crippen LogP contribution < -0.4 is 0 Å². The second kappa shape index (κ2) is 4.76. The topological polar surface area (TPSA) is 57.6 Å². The number of hydrogen-bond donors (Lipinski definition) is 1. The molecule has 1 aliphatic rings. The van der Waals surface area contributed by atoms with Crippen molar-refractivity contribution in [3.8, 4) is 0 Å². The minimum atomic E-state index is -0.947. The summed E-state index contributed by atoms with van der Waals surface area (Å²) in [5.41, 5.74) is 0.802. The Kier molecular flexibility index (Phi) is 3.32. The molecule has 0 aliphatic carbocycles. The third kappa shape index (κ3) is 2.34. The van der Waals surface area contributed by atoms with Gasteiger partial charge in [-0.3, -0.25) is 9.59 Å². The van der Waals surface area contributed by atoms with Crippen LogP contribution in [0.15, 0.2) is 24.3 Å². The quantitative estimate of drug-likeness (QED) is 0.891. The molecule has 1 unspecified atom stereocenters. The molecule has 1 N–H and O–H groups in total. The number of nitrogens with zero attached hydrogens (tertiary/aromatic N) is 1. The first-order valence-electron chi connectivity index (χ1n) is 5.76. The van der Waals surface area contributed by atoms with Crippen LogP contribution in [0.3, 0.4) is 0 Å². The van der Waals surface area contributed by atoms with Crippen LogP contribution >= 0.6 is 0 Å². The lowest BCUT2D eigenvalue weighted by Gasteiger charge is -2.24. The highest BCUT2D eigenvalue weighted by Crippen LogP contribution is 2.28. The van der Waals surface area contributed by atoms with Gasteiger partial charge in [0.05, 0.1) is 12.0 Å². The zero-order valence-corrected chi connectivity index (χ0v) is 9.97. The van der Waals surface area contributed by atoms with Crippen molar-refractivity contribution in [2.24, 2.45) is 5.92 Å². The van der Waals surface area contributed by atoms with Crippen LogP contribution in [0.1, 0.15) is 24.9 Å². The van der Waals surface area contributed by atoms with Crippen molar-refractivity contribution in [1.29, 1.82) is 0 Å². The molecule has 0 aromatic heterocycles. The Bertz CT molecular complexity index is 472. The molecule has 0 saturated carbocycles. The molecule has 5 heteroatoms. The first-order valence-corrected chi connectivity index (χ1v) is 5.76. The largest absolute Gasteiger partial charge is 0.481 e. The Balaban J connectivity index is 2.14. The molecule has 1 amide bonds. The second-order valence-electron chi connectivity index (χ2n) is 4.51. The third-order valence-electron chi connectivity index (χ3n) is 3.33. The van der Waals surface area contributed by atoms with Gasteiger partial charge in [-0.2, -0.15) is 0 Å². The Hall–Kier alpha value is -1.91. The Morgan fingerprint density at radius 2 is 2.06 bits per heavy atom. The molecule has 0 radical (unpaired) electrons. The van der Waals surface area contributed by atoms with Gasteiger partial charge in [0, 0.05) is 13.0 Å². The molecule has 2 rings (SSSR count). The third-order valence-corrected chi connectivity index (χ3v) is 3.33. The maximum atomic E-state index is 12.8. The van der Waals surface area contributed by atoms with Gasteiger partial charge >= 0.3 is 5.97 Å². The van der Waals surface area contributed by atoms with Crippen LogP contribution in [0.5, 0.6) is 0 Å². The van der Waals surface area contributed by atoms with Crippen LogP contribution in [-0.2, 0) is 9.59 Å². The standard InChI is InChI=1S/C13H14FNO3/c1-8(9-2-4-11(14)5-3-9)15-7-10(13(17)18)6-12(15)16/h2-5,8,10H,6-7H2,1H3,(H,17,18)/t8-,10?/m0/s1. The molecule has 0 bridgehead atoms. The van der Waals surface area contributed by atoms with Gasteiger partial charge in [-0.1, -0.05) is 12.1 Å². The number of hydrogen-bond acceptors (Lipinski definition) is 2. The van der Waals surface area contributed by atoms with Crippen molar-refractivity contribution in [2.75, 3.05) is 6.54 Å². The summed E-state index contributed by atoms with van der Waals surface area (Å²) >= 11 is 0. The van der Waals surface area contributed by atoms with Crippen molar-refractivity contribution in [3.63, 3.8) is 0 Å². The van der Waals surface area contributed by atoms with Crippen LogP contribution in [0, 0.1) is 11.7 Å². The van der Waals surface area contributed by atoms with E-state index < -0.39 is 11.9 Å². The Labute approximate surface area is 104 Å². The summed E-state index contributed by atoms with van der Waals surface area (Å²) < 4.78 is 12.8. The summed E-state index contributed by atoms with van der Waals surface area (Å²) in [6.07, 6.45) is 0.0425. The molecular weight excluding hydrogens is 237 g/mol. The molecule has 1 aliphatic heterocycles. The highest BCUT2D eigenvalue weighted by atomic mass is 19.1. The molecule has 1 saturated heterocycles. The van der Waals surface area contributed by atoms with Crippen molar-refractivity contribution < 1.29 is 19.1 Å². The molecule has 18 heavy (non-hydrogen) atoms. The zero-order valence-electron chi connectivity index (χ0n) is 9.97. The van der Waals surface area contributed by atoms with Gasteiger partial charge in [0.1, 0.15) is 5.82 Å². The van der Waals surface area contributed by atoms with E-state index in [1.54, 1.807) is 12.1 Å². The average molecular weight is 251 g/mol. The lowest BCUT2D eigenvalue weighted by Crippen LogP contribution is -2.29. The van der Waals surface area contributed by atoms with Crippen molar-refractivity contribution in [3.05, 3.63) is 35.6 Å².